The molecule has 0 atom stereocenters. The molecule has 19 heavy (non-hydrogen) atoms. The number of aromatic nitrogens is 2. The van der Waals surface area contributed by atoms with Crippen molar-refractivity contribution in [3.8, 4) is 0 Å². The van der Waals surface area contributed by atoms with Crippen LogP contribution in [0, 0.1) is 5.92 Å². The smallest absolute Gasteiger partial charge is 0.329 e. The van der Waals surface area contributed by atoms with Crippen LogP contribution < -0.4 is 5.32 Å². The summed E-state index contributed by atoms with van der Waals surface area (Å²) in [6.07, 6.45) is 5.68. The second-order valence-electron chi connectivity index (χ2n) is 5.45. The van der Waals surface area contributed by atoms with Crippen LogP contribution in [0.5, 0.6) is 0 Å². The number of imidazole rings is 1. The van der Waals surface area contributed by atoms with E-state index in [2.05, 4.69) is 17.2 Å². The summed E-state index contributed by atoms with van der Waals surface area (Å²) in [4.78, 5) is 27.5. The number of carbonyl (C=O) groups is 2. The summed E-state index contributed by atoms with van der Waals surface area (Å²) in [6, 6.07) is 0. The van der Waals surface area contributed by atoms with Crippen LogP contribution in [0.2, 0.25) is 0 Å². The zero-order valence-electron chi connectivity index (χ0n) is 11.2. The van der Waals surface area contributed by atoms with Crippen LogP contribution in [0.15, 0.2) is 12.5 Å². The SMILES string of the molecule is CC1CCC(NC(=O)c2cn(C)cn2)(C(=O)O)CC1. The molecule has 1 saturated carbocycles. The fraction of sp³-hybridized carbons (Fsp3) is 0.615. The van der Waals surface area contributed by atoms with E-state index in [1.54, 1.807) is 17.8 Å². The molecule has 0 unspecified atom stereocenters. The number of amides is 1. The molecule has 0 aromatic carbocycles. The summed E-state index contributed by atoms with van der Waals surface area (Å²) in [5, 5.41) is 12.1. The summed E-state index contributed by atoms with van der Waals surface area (Å²) in [5.41, 5.74) is -0.886. The maximum atomic E-state index is 12.1. The highest BCUT2D eigenvalue weighted by Crippen LogP contribution is 2.32. The average molecular weight is 265 g/mol. The van der Waals surface area contributed by atoms with Crippen molar-refractivity contribution in [1.29, 1.82) is 0 Å². The lowest BCUT2D eigenvalue weighted by atomic mass is 9.77. The lowest BCUT2D eigenvalue weighted by Crippen LogP contribution is -2.56. The van der Waals surface area contributed by atoms with E-state index in [0.29, 0.717) is 18.8 Å². The summed E-state index contributed by atoms with van der Waals surface area (Å²) in [6.45, 7) is 2.10. The predicted molar refractivity (Wildman–Crippen MR) is 68.7 cm³/mol. The molecule has 1 aromatic rings. The van der Waals surface area contributed by atoms with Gasteiger partial charge in [-0.25, -0.2) is 9.78 Å². The molecule has 104 valence electrons. The van der Waals surface area contributed by atoms with Gasteiger partial charge in [0.15, 0.2) is 0 Å². The summed E-state index contributed by atoms with van der Waals surface area (Å²) in [7, 11) is 1.76. The van der Waals surface area contributed by atoms with Crippen molar-refractivity contribution in [3.05, 3.63) is 18.2 Å². The molecule has 0 saturated heterocycles. The minimum atomic E-state index is -1.14. The Hall–Kier alpha value is -1.85. The second kappa shape index (κ2) is 5.03. The predicted octanol–water partition coefficient (Wildman–Crippen LogP) is 1.18. The number of carboxylic acids is 1. The zero-order chi connectivity index (χ0) is 14.0. The molecule has 1 aliphatic rings. The van der Waals surface area contributed by atoms with Gasteiger partial charge in [0.05, 0.1) is 6.33 Å². The molecule has 2 rings (SSSR count). The quantitative estimate of drug-likeness (QED) is 0.859. The van der Waals surface area contributed by atoms with Gasteiger partial charge in [0, 0.05) is 13.2 Å². The maximum absolute atomic E-state index is 12.1. The Kier molecular flexibility index (Phi) is 3.59. The molecule has 1 fully saturated rings. The lowest BCUT2D eigenvalue weighted by molar-refractivity contribution is -0.146. The fourth-order valence-corrected chi connectivity index (χ4v) is 2.46. The van der Waals surface area contributed by atoms with Crippen molar-refractivity contribution in [1.82, 2.24) is 14.9 Å². The highest BCUT2D eigenvalue weighted by molar-refractivity contribution is 5.96. The molecule has 0 bridgehead atoms. The highest BCUT2D eigenvalue weighted by atomic mass is 16.4. The van der Waals surface area contributed by atoms with Crippen molar-refractivity contribution in [2.24, 2.45) is 13.0 Å². The first-order valence-corrected chi connectivity index (χ1v) is 6.47. The Labute approximate surface area is 111 Å². The van der Waals surface area contributed by atoms with E-state index in [9.17, 15) is 14.7 Å². The van der Waals surface area contributed by atoms with Gasteiger partial charge in [-0.1, -0.05) is 6.92 Å². The van der Waals surface area contributed by atoms with E-state index in [4.69, 9.17) is 0 Å². The fourth-order valence-electron chi connectivity index (χ4n) is 2.46. The normalized spacial score (nSPS) is 26.9. The van der Waals surface area contributed by atoms with Gasteiger partial charge >= 0.3 is 5.97 Å². The van der Waals surface area contributed by atoms with Crippen LogP contribution in [0.3, 0.4) is 0 Å². The van der Waals surface area contributed by atoms with Crippen molar-refractivity contribution in [2.75, 3.05) is 0 Å². The molecule has 0 radical (unpaired) electrons. The molecular weight excluding hydrogens is 246 g/mol. The first-order chi connectivity index (χ1) is 8.93. The van der Waals surface area contributed by atoms with Gasteiger partial charge in [-0.05, 0) is 31.6 Å². The molecule has 2 N–H and O–H groups in total. The highest BCUT2D eigenvalue weighted by Gasteiger charge is 2.42. The van der Waals surface area contributed by atoms with Crippen LogP contribution in [0.25, 0.3) is 0 Å². The number of carbonyl (C=O) groups excluding carboxylic acids is 1. The van der Waals surface area contributed by atoms with Crippen LogP contribution in [-0.2, 0) is 11.8 Å². The van der Waals surface area contributed by atoms with E-state index in [0.717, 1.165) is 12.8 Å². The zero-order valence-corrected chi connectivity index (χ0v) is 11.2. The summed E-state index contributed by atoms with van der Waals surface area (Å²) in [5.74, 6) is -0.861. The number of nitrogens with zero attached hydrogens (tertiary/aromatic N) is 2. The minimum absolute atomic E-state index is 0.252. The van der Waals surface area contributed by atoms with Gasteiger partial charge in [-0.2, -0.15) is 0 Å². The molecule has 6 nitrogen and oxygen atoms in total. The van der Waals surface area contributed by atoms with Gasteiger partial charge in [0.1, 0.15) is 11.2 Å². The Bertz CT molecular complexity index is 487. The number of hydrogen-bond donors (Lipinski definition) is 2. The first kappa shape index (κ1) is 13.6. The molecule has 0 spiro atoms. The monoisotopic (exact) mass is 265 g/mol. The van der Waals surface area contributed by atoms with Crippen LogP contribution in [0.1, 0.15) is 43.1 Å². The molecule has 1 heterocycles. The number of aliphatic carboxylic acids is 1. The number of hydrogen-bond acceptors (Lipinski definition) is 3. The molecule has 1 amide bonds. The third kappa shape index (κ3) is 2.77. The molecule has 1 aliphatic carbocycles. The van der Waals surface area contributed by atoms with Crippen molar-refractivity contribution in [2.45, 2.75) is 38.1 Å². The lowest BCUT2D eigenvalue weighted by Gasteiger charge is -2.36. The van der Waals surface area contributed by atoms with Gasteiger partial charge in [0.25, 0.3) is 5.91 Å². The summed E-state index contributed by atoms with van der Waals surface area (Å²) < 4.78 is 1.66. The van der Waals surface area contributed by atoms with E-state index >= 15 is 0 Å². The topological polar surface area (TPSA) is 84.2 Å². The third-order valence-corrected chi connectivity index (χ3v) is 3.83. The average Bonchev–Trinajstić information content (AvgIpc) is 2.79. The van der Waals surface area contributed by atoms with E-state index in [-0.39, 0.29) is 5.69 Å². The summed E-state index contributed by atoms with van der Waals surface area (Å²) >= 11 is 0. The number of nitrogens with one attached hydrogen (secondary N) is 1. The largest absolute Gasteiger partial charge is 0.480 e. The van der Waals surface area contributed by atoms with Gasteiger partial charge in [0.2, 0.25) is 0 Å². The van der Waals surface area contributed by atoms with E-state index in [1.807, 2.05) is 0 Å². The first-order valence-electron chi connectivity index (χ1n) is 6.47. The Morgan fingerprint density at radius 1 is 1.47 bits per heavy atom. The van der Waals surface area contributed by atoms with E-state index in [1.165, 1.54) is 6.33 Å². The minimum Gasteiger partial charge on any atom is -0.480 e. The van der Waals surface area contributed by atoms with Crippen molar-refractivity contribution in [3.63, 3.8) is 0 Å². The van der Waals surface area contributed by atoms with E-state index < -0.39 is 17.4 Å². The molecule has 1 aromatic heterocycles. The van der Waals surface area contributed by atoms with Crippen LogP contribution >= 0.6 is 0 Å². The molecule has 0 aliphatic heterocycles. The third-order valence-electron chi connectivity index (χ3n) is 3.83. The maximum Gasteiger partial charge on any atom is 0.329 e. The van der Waals surface area contributed by atoms with Gasteiger partial charge in [-0.3, -0.25) is 4.79 Å². The molecular formula is C13H19N3O3. The van der Waals surface area contributed by atoms with Crippen molar-refractivity contribution >= 4 is 11.9 Å². The van der Waals surface area contributed by atoms with Gasteiger partial charge in [-0.15, -0.1) is 0 Å². The van der Waals surface area contributed by atoms with Crippen LogP contribution in [-0.4, -0.2) is 32.1 Å². The Morgan fingerprint density at radius 2 is 2.11 bits per heavy atom. The Balaban J connectivity index is 2.13. The number of rotatable bonds is 3. The number of carboxylic acid groups (broad SMARTS) is 1. The number of aryl methyl sites for hydroxylation is 1. The molecule has 6 heteroatoms. The van der Waals surface area contributed by atoms with Gasteiger partial charge < -0.3 is 15.0 Å². The standard InChI is InChI=1S/C13H19N3O3/c1-9-3-5-13(6-4-9,12(18)19)15-11(17)10-7-16(2)8-14-10/h7-9H,3-6H2,1-2H3,(H,15,17)(H,18,19). The van der Waals surface area contributed by atoms with Crippen molar-refractivity contribution < 1.29 is 14.7 Å². The second-order valence-corrected chi connectivity index (χ2v) is 5.45. The van der Waals surface area contributed by atoms with Crippen LogP contribution in [0.4, 0.5) is 0 Å². The Morgan fingerprint density at radius 3 is 2.58 bits per heavy atom.